The smallest absolute Gasteiger partial charge is 0.260 e. The molecule has 172 valence electrons. The Morgan fingerprint density at radius 1 is 1.24 bits per heavy atom. The number of pyridine rings is 1. The van der Waals surface area contributed by atoms with Gasteiger partial charge in [0.25, 0.3) is 5.91 Å². The quantitative estimate of drug-likeness (QED) is 0.537. The summed E-state index contributed by atoms with van der Waals surface area (Å²) in [6.45, 7) is 6.54. The van der Waals surface area contributed by atoms with Gasteiger partial charge in [-0.15, -0.1) is 22.0 Å². The maximum atomic E-state index is 13.4. The van der Waals surface area contributed by atoms with Gasteiger partial charge in [-0.3, -0.25) is 9.69 Å². The number of ether oxygens (including phenoxy) is 1. The summed E-state index contributed by atoms with van der Waals surface area (Å²) in [5.41, 5.74) is 3.83. The molecule has 1 amide bonds. The predicted molar refractivity (Wildman–Crippen MR) is 129 cm³/mol. The van der Waals surface area contributed by atoms with E-state index in [1.54, 1.807) is 23.0 Å². The molecule has 0 unspecified atom stereocenters. The third-order valence-corrected chi connectivity index (χ3v) is 7.29. The van der Waals surface area contributed by atoms with Crippen molar-refractivity contribution in [3.05, 3.63) is 58.7 Å². The van der Waals surface area contributed by atoms with Crippen LogP contribution in [0, 0.1) is 6.92 Å². The monoisotopic (exact) mass is 464 g/mol. The van der Waals surface area contributed by atoms with Crippen LogP contribution in [0.4, 0.5) is 11.6 Å². The number of rotatable bonds is 7. The molecule has 0 saturated carbocycles. The maximum absolute atomic E-state index is 13.4. The van der Waals surface area contributed by atoms with Crippen LogP contribution in [-0.4, -0.2) is 51.7 Å². The second-order valence-electron chi connectivity index (χ2n) is 8.82. The second kappa shape index (κ2) is 8.46. The first-order valence-electron chi connectivity index (χ1n) is 11.1. The number of hydrogen-bond acceptors (Lipinski definition) is 7. The van der Waals surface area contributed by atoms with Gasteiger partial charge in [0.15, 0.2) is 0 Å². The number of anilines is 2. The first kappa shape index (κ1) is 21.9. The maximum Gasteiger partial charge on any atom is 0.260 e. The molecular weight excluding hydrogens is 436 g/mol. The summed E-state index contributed by atoms with van der Waals surface area (Å²) in [6.07, 6.45) is 4.48. The lowest BCUT2D eigenvalue weighted by Gasteiger charge is -2.42. The summed E-state index contributed by atoms with van der Waals surface area (Å²) in [5, 5.41) is 11.7. The van der Waals surface area contributed by atoms with Gasteiger partial charge in [0, 0.05) is 35.9 Å². The fourth-order valence-electron chi connectivity index (χ4n) is 4.60. The molecule has 2 aromatic heterocycles. The summed E-state index contributed by atoms with van der Waals surface area (Å²) in [6, 6.07) is 8.27. The number of thioether (sulfide) groups is 1. The molecule has 0 spiro atoms. The number of carbonyl (C=O) groups excluding carboxylic acids is 1. The first-order chi connectivity index (χ1) is 15.9. The molecule has 0 aliphatic carbocycles. The lowest BCUT2D eigenvalue weighted by atomic mass is 9.75. The SMILES string of the molecule is CCNc1cc(C2(Cc3nncn3C)COC2)cc(N2Cc3c(SC)cc(C)cc3C2=O)n1. The molecule has 2 aliphatic rings. The normalized spacial score (nSPS) is 16.6. The average Bonchev–Trinajstić information content (AvgIpc) is 3.33. The molecule has 1 fully saturated rings. The van der Waals surface area contributed by atoms with Crippen LogP contribution in [0.1, 0.15) is 39.8 Å². The van der Waals surface area contributed by atoms with E-state index in [1.807, 2.05) is 31.5 Å². The van der Waals surface area contributed by atoms with E-state index in [4.69, 9.17) is 9.72 Å². The third kappa shape index (κ3) is 3.79. The molecule has 5 rings (SSSR count). The molecule has 8 nitrogen and oxygen atoms in total. The van der Waals surface area contributed by atoms with Gasteiger partial charge in [0.05, 0.1) is 19.8 Å². The van der Waals surface area contributed by atoms with Crippen LogP contribution in [0.5, 0.6) is 0 Å². The van der Waals surface area contributed by atoms with Gasteiger partial charge >= 0.3 is 0 Å². The Kier molecular flexibility index (Phi) is 5.62. The Hall–Kier alpha value is -2.91. The summed E-state index contributed by atoms with van der Waals surface area (Å²) < 4.78 is 7.62. The molecule has 1 saturated heterocycles. The largest absolute Gasteiger partial charge is 0.379 e. The highest BCUT2D eigenvalue weighted by Crippen LogP contribution is 2.40. The van der Waals surface area contributed by atoms with Gasteiger partial charge in [-0.25, -0.2) is 4.98 Å². The fraction of sp³-hybridized carbons (Fsp3) is 0.417. The van der Waals surface area contributed by atoms with E-state index in [-0.39, 0.29) is 11.3 Å². The van der Waals surface area contributed by atoms with Crippen molar-refractivity contribution in [2.45, 2.75) is 37.1 Å². The van der Waals surface area contributed by atoms with Crippen LogP contribution in [0.3, 0.4) is 0 Å². The number of hydrogen-bond donors (Lipinski definition) is 1. The molecule has 9 heteroatoms. The van der Waals surface area contributed by atoms with E-state index >= 15 is 0 Å². The van der Waals surface area contributed by atoms with Crippen LogP contribution in [-0.2, 0) is 30.2 Å². The Bertz CT molecular complexity index is 1220. The van der Waals surface area contributed by atoms with Gasteiger partial charge in [-0.05, 0) is 61.1 Å². The van der Waals surface area contributed by atoms with Gasteiger partial charge in [-0.1, -0.05) is 0 Å². The minimum Gasteiger partial charge on any atom is -0.379 e. The zero-order valence-electron chi connectivity index (χ0n) is 19.4. The van der Waals surface area contributed by atoms with Crippen molar-refractivity contribution in [3.63, 3.8) is 0 Å². The summed E-state index contributed by atoms with van der Waals surface area (Å²) >= 11 is 1.68. The lowest BCUT2D eigenvalue weighted by molar-refractivity contribution is -0.0611. The summed E-state index contributed by atoms with van der Waals surface area (Å²) in [5.74, 6) is 2.34. The Balaban J connectivity index is 1.55. The van der Waals surface area contributed by atoms with Crippen LogP contribution < -0.4 is 10.2 Å². The number of amides is 1. The topological polar surface area (TPSA) is 85.2 Å². The zero-order valence-corrected chi connectivity index (χ0v) is 20.2. The summed E-state index contributed by atoms with van der Waals surface area (Å²) in [4.78, 5) is 21.2. The lowest BCUT2D eigenvalue weighted by Crippen LogP contribution is -2.49. The summed E-state index contributed by atoms with van der Waals surface area (Å²) in [7, 11) is 1.95. The predicted octanol–water partition coefficient (Wildman–Crippen LogP) is 3.34. The molecule has 0 radical (unpaired) electrons. The molecule has 0 atom stereocenters. The van der Waals surface area contributed by atoms with Crippen LogP contribution in [0.2, 0.25) is 0 Å². The Morgan fingerprint density at radius 3 is 2.70 bits per heavy atom. The van der Waals surface area contributed by atoms with E-state index in [9.17, 15) is 4.79 Å². The van der Waals surface area contributed by atoms with Crippen molar-refractivity contribution >= 4 is 29.3 Å². The minimum absolute atomic E-state index is 0.00306. The van der Waals surface area contributed by atoms with E-state index in [0.29, 0.717) is 32.0 Å². The van der Waals surface area contributed by atoms with Crippen molar-refractivity contribution in [1.82, 2.24) is 19.7 Å². The highest BCUT2D eigenvalue weighted by Gasteiger charge is 2.43. The van der Waals surface area contributed by atoms with Crippen molar-refractivity contribution in [3.8, 4) is 0 Å². The van der Waals surface area contributed by atoms with Crippen LogP contribution in [0.15, 0.2) is 35.5 Å². The zero-order chi connectivity index (χ0) is 23.2. The highest BCUT2D eigenvalue weighted by atomic mass is 32.2. The third-order valence-electron chi connectivity index (χ3n) is 6.48. The number of fused-ring (bicyclic) bond motifs is 1. The van der Waals surface area contributed by atoms with E-state index in [2.05, 4.69) is 40.0 Å². The number of aryl methyl sites for hydroxylation is 2. The van der Waals surface area contributed by atoms with E-state index in [0.717, 1.165) is 45.3 Å². The molecule has 2 aliphatic heterocycles. The van der Waals surface area contributed by atoms with Crippen molar-refractivity contribution in [2.24, 2.45) is 7.05 Å². The van der Waals surface area contributed by atoms with Gasteiger partial charge in [0.2, 0.25) is 0 Å². The van der Waals surface area contributed by atoms with E-state index in [1.165, 1.54) is 0 Å². The first-order valence-corrected chi connectivity index (χ1v) is 12.3. The van der Waals surface area contributed by atoms with Gasteiger partial charge in [0.1, 0.15) is 23.8 Å². The minimum atomic E-state index is -0.223. The van der Waals surface area contributed by atoms with Gasteiger partial charge in [-0.2, -0.15) is 0 Å². The number of aromatic nitrogens is 4. The fourth-order valence-corrected chi connectivity index (χ4v) is 5.33. The molecule has 4 heterocycles. The Labute approximate surface area is 197 Å². The molecule has 1 aromatic carbocycles. The van der Waals surface area contributed by atoms with Gasteiger partial charge < -0.3 is 14.6 Å². The molecular formula is C24H28N6O2S. The van der Waals surface area contributed by atoms with Crippen LogP contribution >= 0.6 is 11.8 Å². The Morgan fingerprint density at radius 2 is 2.06 bits per heavy atom. The van der Waals surface area contributed by atoms with Crippen LogP contribution in [0.25, 0.3) is 0 Å². The van der Waals surface area contributed by atoms with Crippen molar-refractivity contribution in [2.75, 3.05) is 36.2 Å². The number of benzene rings is 1. The highest BCUT2D eigenvalue weighted by molar-refractivity contribution is 7.98. The average molecular weight is 465 g/mol. The number of carbonyl (C=O) groups is 1. The molecule has 1 N–H and O–H groups in total. The number of nitrogens with one attached hydrogen (secondary N) is 1. The number of nitrogens with zero attached hydrogens (tertiary/aromatic N) is 5. The standard InChI is InChI=1S/C24H28N6O2S/c1-5-25-20-8-16(24(12-32-13-24)10-22-28-26-14-29(22)3)9-21(27-20)30-11-18-17(23(30)31)6-15(2)7-19(18)33-4/h6-9,14H,5,10-13H2,1-4H3,(H,25,27). The van der Waals surface area contributed by atoms with Crippen molar-refractivity contribution < 1.29 is 9.53 Å². The van der Waals surface area contributed by atoms with E-state index < -0.39 is 0 Å². The van der Waals surface area contributed by atoms with Crippen molar-refractivity contribution in [1.29, 1.82) is 0 Å². The molecule has 33 heavy (non-hydrogen) atoms. The second-order valence-corrected chi connectivity index (χ2v) is 9.67. The molecule has 3 aromatic rings. The molecule has 0 bridgehead atoms.